The van der Waals surface area contributed by atoms with Crippen molar-refractivity contribution in [2.75, 3.05) is 13.2 Å². The molecule has 0 amide bonds. The maximum Gasteiger partial charge on any atom is 0.274 e. The summed E-state index contributed by atoms with van der Waals surface area (Å²) in [6.07, 6.45) is 0.661. The van der Waals surface area contributed by atoms with Crippen molar-refractivity contribution in [1.82, 2.24) is 4.72 Å². The summed E-state index contributed by atoms with van der Waals surface area (Å²) in [6.45, 7) is 2.77. The zero-order valence-electron chi connectivity index (χ0n) is 8.70. The molecule has 7 heteroatoms. The van der Waals surface area contributed by atoms with E-state index in [0.29, 0.717) is 24.3 Å². The molecule has 1 N–H and O–H groups in total. The Morgan fingerprint density at radius 2 is 2.25 bits per heavy atom. The lowest BCUT2D eigenvalue weighted by atomic mass is 10.0. The molecule has 1 fully saturated rings. The van der Waals surface area contributed by atoms with Crippen LogP contribution >= 0.6 is 15.9 Å². The number of ether oxygens (including phenoxy) is 1. The van der Waals surface area contributed by atoms with E-state index >= 15 is 0 Å². The van der Waals surface area contributed by atoms with Crippen molar-refractivity contribution >= 4 is 26.0 Å². The molecule has 1 aromatic heterocycles. The maximum atomic E-state index is 11.9. The largest absolute Gasteiger partial charge is 0.437 e. The predicted molar refractivity (Wildman–Crippen MR) is 60.6 cm³/mol. The molecule has 0 bridgehead atoms. The van der Waals surface area contributed by atoms with Crippen LogP contribution in [0.25, 0.3) is 0 Å². The number of rotatable bonds is 3. The van der Waals surface area contributed by atoms with Crippen LogP contribution in [0.2, 0.25) is 0 Å². The van der Waals surface area contributed by atoms with Crippen molar-refractivity contribution in [3.63, 3.8) is 0 Å². The van der Waals surface area contributed by atoms with Gasteiger partial charge in [0.1, 0.15) is 0 Å². The number of halogens is 1. The molecule has 1 atom stereocenters. The lowest BCUT2D eigenvalue weighted by molar-refractivity contribution is 0.178. The van der Waals surface area contributed by atoms with Gasteiger partial charge in [-0.3, -0.25) is 0 Å². The van der Waals surface area contributed by atoms with E-state index < -0.39 is 15.6 Å². The zero-order valence-corrected chi connectivity index (χ0v) is 11.1. The van der Waals surface area contributed by atoms with Crippen LogP contribution in [0.15, 0.2) is 26.3 Å². The third-order valence-electron chi connectivity index (χ3n) is 2.41. The lowest BCUT2D eigenvalue weighted by Gasteiger charge is -2.22. The van der Waals surface area contributed by atoms with E-state index in [-0.39, 0.29) is 5.09 Å². The third-order valence-corrected chi connectivity index (χ3v) is 4.35. The smallest absolute Gasteiger partial charge is 0.274 e. The van der Waals surface area contributed by atoms with Gasteiger partial charge in [0.05, 0.1) is 12.1 Å². The minimum absolute atomic E-state index is 0.0903. The number of furan rings is 1. The van der Waals surface area contributed by atoms with E-state index in [2.05, 4.69) is 20.7 Å². The van der Waals surface area contributed by atoms with Gasteiger partial charge in [-0.2, -0.15) is 0 Å². The van der Waals surface area contributed by atoms with Gasteiger partial charge < -0.3 is 9.15 Å². The van der Waals surface area contributed by atoms with Crippen molar-refractivity contribution in [1.29, 1.82) is 0 Å². The summed E-state index contributed by atoms with van der Waals surface area (Å²) in [7, 11) is -3.61. The van der Waals surface area contributed by atoms with Gasteiger partial charge in [-0.1, -0.05) is 0 Å². The highest BCUT2D eigenvalue weighted by Crippen LogP contribution is 2.23. The second-order valence-electron chi connectivity index (χ2n) is 4.03. The van der Waals surface area contributed by atoms with Gasteiger partial charge in [0.25, 0.3) is 10.0 Å². The molecule has 1 aromatic rings. The van der Waals surface area contributed by atoms with Crippen LogP contribution in [0, 0.1) is 0 Å². The molecule has 90 valence electrons. The highest BCUT2D eigenvalue weighted by Gasteiger charge is 2.35. The first kappa shape index (κ1) is 12.1. The van der Waals surface area contributed by atoms with Gasteiger partial charge in [-0.05, 0) is 41.4 Å². The first-order valence-electron chi connectivity index (χ1n) is 4.78. The molecule has 16 heavy (non-hydrogen) atoms. The Kier molecular flexibility index (Phi) is 3.13. The predicted octanol–water partition coefficient (Wildman–Crippen LogP) is 1.50. The number of sulfonamides is 1. The fourth-order valence-corrected chi connectivity index (χ4v) is 3.34. The van der Waals surface area contributed by atoms with Gasteiger partial charge in [-0.25, -0.2) is 13.1 Å². The van der Waals surface area contributed by atoms with Crippen molar-refractivity contribution in [3.05, 3.63) is 16.8 Å². The van der Waals surface area contributed by atoms with Crippen LogP contribution in [-0.2, 0) is 14.8 Å². The summed E-state index contributed by atoms with van der Waals surface area (Å²) >= 11 is 3.07. The van der Waals surface area contributed by atoms with Gasteiger partial charge >= 0.3 is 0 Å². The van der Waals surface area contributed by atoms with Gasteiger partial charge in [0.15, 0.2) is 4.67 Å². The first-order valence-corrected chi connectivity index (χ1v) is 7.06. The van der Waals surface area contributed by atoms with E-state index in [9.17, 15) is 8.42 Å². The molecule has 1 aliphatic heterocycles. The lowest BCUT2D eigenvalue weighted by Crippen LogP contribution is -2.46. The van der Waals surface area contributed by atoms with Crippen LogP contribution in [0.1, 0.15) is 13.3 Å². The summed E-state index contributed by atoms with van der Waals surface area (Å²) < 4.78 is 37.0. The molecular formula is C9H12BrNO4S. The topological polar surface area (TPSA) is 68.5 Å². The Morgan fingerprint density at radius 3 is 2.75 bits per heavy atom. The normalized spacial score (nSPS) is 26.1. The van der Waals surface area contributed by atoms with Crippen molar-refractivity contribution in [3.8, 4) is 0 Å². The molecule has 0 saturated carbocycles. The molecule has 5 nitrogen and oxygen atoms in total. The average molecular weight is 310 g/mol. The zero-order chi connectivity index (χ0) is 11.8. The van der Waals surface area contributed by atoms with Crippen LogP contribution in [0.3, 0.4) is 0 Å². The minimum Gasteiger partial charge on any atom is -0.437 e. The van der Waals surface area contributed by atoms with Gasteiger partial charge in [0, 0.05) is 6.61 Å². The molecule has 2 rings (SSSR count). The Labute approximate surface area is 102 Å². The molecule has 1 aliphatic rings. The number of hydrogen-bond acceptors (Lipinski definition) is 4. The van der Waals surface area contributed by atoms with E-state index in [0.717, 1.165) is 0 Å². The van der Waals surface area contributed by atoms with E-state index in [1.54, 1.807) is 6.07 Å². The molecular weight excluding hydrogens is 298 g/mol. The Balaban J connectivity index is 2.20. The van der Waals surface area contributed by atoms with Crippen LogP contribution < -0.4 is 4.72 Å². The number of hydrogen-bond donors (Lipinski definition) is 1. The highest BCUT2D eigenvalue weighted by molar-refractivity contribution is 9.10. The Hall–Kier alpha value is -0.370. The Bertz CT molecular complexity index is 475. The van der Waals surface area contributed by atoms with Crippen LogP contribution in [-0.4, -0.2) is 27.2 Å². The fourth-order valence-electron chi connectivity index (χ4n) is 1.56. The average Bonchev–Trinajstić information content (AvgIpc) is 2.74. The summed E-state index contributed by atoms with van der Waals surface area (Å²) in [5, 5.41) is -0.0903. The van der Waals surface area contributed by atoms with Crippen LogP contribution in [0.5, 0.6) is 0 Å². The van der Waals surface area contributed by atoms with E-state index in [4.69, 9.17) is 9.15 Å². The van der Waals surface area contributed by atoms with Crippen molar-refractivity contribution < 1.29 is 17.6 Å². The Morgan fingerprint density at radius 1 is 1.50 bits per heavy atom. The summed E-state index contributed by atoms with van der Waals surface area (Å²) in [6, 6.07) is 2.95. The number of nitrogens with one attached hydrogen (secondary N) is 1. The SMILES string of the molecule is CC1(NS(=O)(=O)c2ccc(Br)o2)CCOC1. The van der Waals surface area contributed by atoms with Crippen molar-refractivity contribution in [2.45, 2.75) is 24.0 Å². The molecule has 0 aromatic carbocycles. The summed E-state index contributed by atoms with van der Waals surface area (Å²) in [4.78, 5) is 0. The highest BCUT2D eigenvalue weighted by atomic mass is 79.9. The van der Waals surface area contributed by atoms with Crippen LogP contribution in [0.4, 0.5) is 0 Å². The minimum atomic E-state index is -3.61. The molecule has 1 unspecified atom stereocenters. The monoisotopic (exact) mass is 309 g/mol. The second kappa shape index (κ2) is 4.14. The van der Waals surface area contributed by atoms with Gasteiger partial charge in [0.2, 0.25) is 5.09 Å². The molecule has 2 heterocycles. The molecule has 0 aliphatic carbocycles. The van der Waals surface area contributed by atoms with E-state index in [1.807, 2.05) is 6.92 Å². The molecule has 0 radical (unpaired) electrons. The summed E-state index contributed by atoms with van der Waals surface area (Å²) in [5.74, 6) is 0. The third kappa shape index (κ3) is 2.48. The molecule has 0 spiro atoms. The molecule has 1 saturated heterocycles. The fraction of sp³-hybridized carbons (Fsp3) is 0.556. The maximum absolute atomic E-state index is 11.9. The summed E-state index contributed by atoms with van der Waals surface area (Å²) in [5.41, 5.74) is -0.544. The second-order valence-corrected chi connectivity index (χ2v) is 6.42. The van der Waals surface area contributed by atoms with Gasteiger partial charge in [-0.15, -0.1) is 0 Å². The quantitative estimate of drug-likeness (QED) is 0.918. The van der Waals surface area contributed by atoms with Crippen molar-refractivity contribution in [2.24, 2.45) is 0 Å². The standard InChI is InChI=1S/C9H12BrNO4S/c1-9(4-5-14-6-9)11-16(12,13)8-3-2-7(10)15-8/h2-3,11H,4-6H2,1H3. The first-order chi connectivity index (χ1) is 7.41. The van der Waals surface area contributed by atoms with E-state index in [1.165, 1.54) is 6.07 Å².